The lowest BCUT2D eigenvalue weighted by atomic mass is 10.0. The Kier molecular flexibility index (Phi) is 5.08. The Morgan fingerprint density at radius 1 is 1.03 bits per heavy atom. The number of rotatable bonds is 5. The molecule has 3 aromatic rings. The van der Waals surface area contributed by atoms with Crippen LogP contribution in [-0.4, -0.2) is 17.3 Å². The van der Waals surface area contributed by atoms with Gasteiger partial charge in [-0.05, 0) is 35.2 Å². The summed E-state index contributed by atoms with van der Waals surface area (Å²) in [5.41, 5.74) is 3.10. The molecule has 6 heteroatoms. The smallest absolute Gasteiger partial charge is 0.257 e. The van der Waals surface area contributed by atoms with Gasteiger partial charge in [-0.25, -0.2) is 0 Å². The zero-order valence-electron chi connectivity index (χ0n) is 16.3. The summed E-state index contributed by atoms with van der Waals surface area (Å²) in [6.45, 7) is 4.86. The van der Waals surface area contributed by atoms with Crippen LogP contribution in [-0.2, 0) is 6.54 Å². The summed E-state index contributed by atoms with van der Waals surface area (Å²) in [5, 5.41) is 2.83. The van der Waals surface area contributed by atoms with Gasteiger partial charge >= 0.3 is 0 Å². The number of anilines is 1. The number of nitrogens with one attached hydrogen (secondary N) is 1. The van der Waals surface area contributed by atoms with Crippen LogP contribution < -0.4 is 20.3 Å². The second-order valence-electron chi connectivity index (χ2n) is 7.30. The second kappa shape index (κ2) is 7.83. The molecule has 1 N–H and O–H groups in total. The Labute approximate surface area is 168 Å². The third-order valence-electron chi connectivity index (χ3n) is 4.88. The fourth-order valence-corrected chi connectivity index (χ4v) is 3.17. The molecule has 0 saturated carbocycles. The summed E-state index contributed by atoms with van der Waals surface area (Å²) < 4.78 is 12.1. The summed E-state index contributed by atoms with van der Waals surface area (Å²) in [4.78, 5) is 24.9. The van der Waals surface area contributed by atoms with Crippen molar-refractivity contribution in [3.8, 4) is 11.5 Å². The highest BCUT2D eigenvalue weighted by Gasteiger charge is 2.15. The molecule has 1 aliphatic heterocycles. The lowest BCUT2D eigenvalue weighted by molar-refractivity contribution is 0.102. The van der Waals surface area contributed by atoms with E-state index in [9.17, 15) is 9.59 Å². The van der Waals surface area contributed by atoms with E-state index in [0.29, 0.717) is 35.2 Å². The van der Waals surface area contributed by atoms with Gasteiger partial charge in [0.25, 0.3) is 11.5 Å². The molecule has 0 atom stereocenters. The quantitative estimate of drug-likeness (QED) is 0.715. The highest BCUT2D eigenvalue weighted by Crippen LogP contribution is 2.34. The summed E-state index contributed by atoms with van der Waals surface area (Å²) in [6.07, 6.45) is 1.58. The number of benzene rings is 2. The van der Waals surface area contributed by atoms with E-state index in [0.717, 1.165) is 5.56 Å². The Bertz CT molecular complexity index is 1100. The number of ether oxygens (including phenoxy) is 2. The Balaban J connectivity index is 1.51. The summed E-state index contributed by atoms with van der Waals surface area (Å²) in [6, 6.07) is 16.3. The van der Waals surface area contributed by atoms with Crippen LogP contribution in [0.4, 0.5) is 5.69 Å². The van der Waals surface area contributed by atoms with E-state index in [4.69, 9.17) is 9.47 Å². The molecule has 0 spiro atoms. The zero-order valence-corrected chi connectivity index (χ0v) is 16.3. The topological polar surface area (TPSA) is 69.6 Å². The van der Waals surface area contributed by atoms with Crippen molar-refractivity contribution in [1.82, 2.24) is 4.57 Å². The minimum Gasteiger partial charge on any atom is -0.454 e. The molecule has 0 unspecified atom stereocenters. The van der Waals surface area contributed by atoms with Gasteiger partial charge in [0, 0.05) is 24.0 Å². The number of nitrogens with zero attached hydrogens (tertiary/aromatic N) is 1. The van der Waals surface area contributed by atoms with Gasteiger partial charge in [0.05, 0.1) is 12.1 Å². The highest BCUT2D eigenvalue weighted by molar-refractivity contribution is 6.04. The predicted octanol–water partition coefficient (Wildman–Crippen LogP) is 4.00. The maximum atomic E-state index is 12.7. The number of carbonyl (C=O) groups excluding carboxylic acids is 1. The van der Waals surface area contributed by atoms with Gasteiger partial charge in [-0.3, -0.25) is 9.59 Å². The SMILES string of the molecule is CC(C)c1ccc(Cn2cc(C(=O)Nc3ccc4c(c3)OCO4)ccc2=O)cc1. The van der Waals surface area contributed by atoms with Gasteiger partial charge in [0.15, 0.2) is 11.5 Å². The average molecular weight is 390 g/mol. The molecule has 4 rings (SSSR count). The number of carbonyl (C=O) groups is 1. The van der Waals surface area contributed by atoms with Gasteiger partial charge in [-0.15, -0.1) is 0 Å². The lowest BCUT2D eigenvalue weighted by Gasteiger charge is -2.11. The van der Waals surface area contributed by atoms with Crippen molar-refractivity contribution in [2.24, 2.45) is 0 Å². The molecule has 148 valence electrons. The minimum absolute atomic E-state index is 0.155. The first-order valence-electron chi connectivity index (χ1n) is 9.50. The Morgan fingerprint density at radius 2 is 1.79 bits per heavy atom. The molecule has 0 bridgehead atoms. The lowest BCUT2D eigenvalue weighted by Crippen LogP contribution is -2.22. The van der Waals surface area contributed by atoms with Gasteiger partial charge in [-0.2, -0.15) is 0 Å². The zero-order chi connectivity index (χ0) is 20.4. The number of hydrogen-bond acceptors (Lipinski definition) is 4. The largest absolute Gasteiger partial charge is 0.454 e. The first-order valence-corrected chi connectivity index (χ1v) is 9.50. The van der Waals surface area contributed by atoms with Crippen molar-refractivity contribution in [2.75, 3.05) is 12.1 Å². The maximum absolute atomic E-state index is 12.7. The molecular weight excluding hydrogens is 368 g/mol. The first kappa shape index (κ1) is 18.8. The van der Waals surface area contributed by atoms with Crippen molar-refractivity contribution in [1.29, 1.82) is 0 Å². The van der Waals surface area contributed by atoms with Crippen LogP contribution in [0.1, 0.15) is 41.3 Å². The molecule has 6 nitrogen and oxygen atoms in total. The predicted molar refractivity (Wildman–Crippen MR) is 111 cm³/mol. The Morgan fingerprint density at radius 3 is 2.55 bits per heavy atom. The number of pyridine rings is 1. The number of amides is 1. The van der Waals surface area contributed by atoms with Crippen molar-refractivity contribution in [3.05, 3.63) is 87.8 Å². The fourth-order valence-electron chi connectivity index (χ4n) is 3.17. The van der Waals surface area contributed by atoms with Crippen molar-refractivity contribution < 1.29 is 14.3 Å². The summed E-state index contributed by atoms with van der Waals surface area (Å²) >= 11 is 0. The van der Waals surface area contributed by atoms with E-state index in [2.05, 4.69) is 31.3 Å². The molecule has 0 saturated heterocycles. The van der Waals surface area contributed by atoms with Gasteiger partial charge in [0.1, 0.15) is 0 Å². The molecule has 29 heavy (non-hydrogen) atoms. The van der Waals surface area contributed by atoms with Crippen LogP contribution in [0.3, 0.4) is 0 Å². The van der Waals surface area contributed by atoms with Crippen molar-refractivity contribution in [2.45, 2.75) is 26.3 Å². The highest BCUT2D eigenvalue weighted by atomic mass is 16.7. The first-order chi connectivity index (χ1) is 14.0. The minimum atomic E-state index is -0.298. The van der Waals surface area contributed by atoms with Crippen LogP contribution in [0.5, 0.6) is 11.5 Å². The molecule has 2 aromatic carbocycles. The summed E-state index contributed by atoms with van der Waals surface area (Å²) in [7, 11) is 0. The average Bonchev–Trinajstić information content (AvgIpc) is 3.18. The Hall–Kier alpha value is -3.54. The van der Waals surface area contributed by atoms with E-state index in [1.54, 1.807) is 29.0 Å². The van der Waals surface area contributed by atoms with Crippen LogP contribution >= 0.6 is 0 Å². The monoisotopic (exact) mass is 390 g/mol. The second-order valence-corrected chi connectivity index (χ2v) is 7.30. The number of fused-ring (bicyclic) bond motifs is 1. The van der Waals surface area contributed by atoms with Crippen molar-refractivity contribution in [3.63, 3.8) is 0 Å². The molecule has 1 amide bonds. The van der Waals surface area contributed by atoms with E-state index in [-0.39, 0.29) is 18.3 Å². The number of hydrogen-bond donors (Lipinski definition) is 1. The molecule has 0 radical (unpaired) electrons. The van der Waals surface area contributed by atoms with Crippen LogP contribution in [0, 0.1) is 0 Å². The molecule has 0 fully saturated rings. The fraction of sp³-hybridized carbons (Fsp3) is 0.217. The van der Waals surface area contributed by atoms with E-state index in [1.807, 2.05) is 12.1 Å². The molecule has 0 aliphatic carbocycles. The normalized spacial score (nSPS) is 12.2. The molecule has 1 aromatic heterocycles. The number of aromatic nitrogens is 1. The van der Waals surface area contributed by atoms with Gasteiger partial charge < -0.3 is 19.4 Å². The third kappa shape index (κ3) is 4.16. The maximum Gasteiger partial charge on any atom is 0.257 e. The van der Waals surface area contributed by atoms with Gasteiger partial charge in [-0.1, -0.05) is 38.1 Å². The van der Waals surface area contributed by atoms with Crippen LogP contribution in [0.2, 0.25) is 0 Å². The molecule has 2 heterocycles. The molecular formula is C23H22N2O4. The van der Waals surface area contributed by atoms with E-state index >= 15 is 0 Å². The van der Waals surface area contributed by atoms with Gasteiger partial charge in [0.2, 0.25) is 6.79 Å². The summed E-state index contributed by atoms with van der Waals surface area (Å²) in [5.74, 6) is 1.40. The standard InChI is InChI=1S/C23H22N2O4/c1-15(2)17-5-3-16(4-6-17)12-25-13-18(7-10-22(25)26)23(27)24-19-8-9-20-21(11-19)29-14-28-20/h3-11,13,15H,12,14H2,1-2H3,(H,24,27). The van der Waals surface area contributed by atoms with Crippen molar-refractivity contribution >= 4 is 11.6 Å². The van der Waals surface area contributed by atoms with E-state index in [1.165, 1.54) is 17.7 Å². The van der Waals surface area contributed by atoms with Crippen LogP contribution in [0.25, 0.3) is 0 Å². The third-order valence-corrected chi connectivity index (χ3v) is 4.88. The van der Waals surface area contributed by atoms with E-state index < -0.39 is 0 Å². The molecule has 1 aliphatic rings. The van der Waals surface area contributed by atoms with Crippen LogP contribution in [0.15, 0.2) is 65.6 Å².